The zero-order valence-corrected chi connectivity index (χ0v) is 13.5. The standard InChI is InChI=1S/C20H18N2O3/c23-18-8-4-3-7-16(18)20(25)22-12-11-21-13-17-15-6-2-1-5-14(15)9-10-19(17)24/h1-10,13,23-24H,11-12H2,(H,22,25). The van der Waals surface area contributed by atoms with Gasteiger partial charge in [-0.05, 0) is 29.0 Å². The molecule has 0 aliphatic rings. The number of rotatable bonds is 5. The van der Waals surface area contributed by atoms with Crippen LogP contribution in [-0.4, -0.2) is 35.4 Å². The average Bonchev–Trinajstić information content (AvgIpc) is 2.63. The number of phenolic OH excluding ortho intramolecular Hbond substituents is 2. The summed E-state index contributed by atoms with van der Waals surface area (Å²) in [6, 6.07) is 17.6. The number of carbonyl (C=O) groups excluding carboxylic acids is 1. The molecular formula is C20H18N2O3. The van der Waals surface area contributed by atoms with Gasteiger partial charge in [0.05, 0.1) is 12.1 Å². The fourth-order valence-corrected chi connectivity index (χ4v) is 2.57. The lowest BCUT2D eigenvalue weighted by molar-refractivity contribution is 0.0952. The van der Waals surface area contributed by atoms with Gasteiger partial charge >= 0.3 is 0 Å². The quantitative estimate of drug-likeness (QED) is 0.495. The van der Waals surface area contributed by atoms with Crippen molar-refractivity contribution in [2.24, 2.45) is 4.99 Å². The van der Waals surface area contributed by atoms with Crippen molar-refractivity contribution in [2.75, 3.05) is 13.1 Å². The minimum absolute atomic E-state index is 0.0517. The van der Waals surface area contributed by atoms with Crippen LogP contribution in [0.4, 0.5) is 0 Å². The van der Waals surface area contributed by atoms with Gasteiger partial charge in [-0.15, -0.1) is 0 Å². The molecule has 3 aromatic carbocycles. The van der Waals surface area contributed by atoms with Crippen LogP contribution in [0, 0.1) is 0 Å². The number of phenols is 2. The molecule has 5 nitrogen and oxygen atoms in total. The highest BCUT2D eigenvalue weighted by molar-refractivity contribution is 6.02. The van der Waals surface area contributed by atoms with Crippen LogP contribution in [0.3, 0.4) is 0 Å². The van der Waals surface area contributed by atoms with Gasteiger partial charge < -0.3 is 15.5 Å². The van der Waals surface area contributed by atoms with Gasteiger partial charge in [0, 0.05) is 18.3 Å². The second-order valence-corrected chi connectivity index (χ2v) is 5.53. The first-order valence-electron chi connectivity index (χ1n) is 7.93. The first-order valence-corrected chi connectivity index (χ1v) is 7.93. The van der Waals surface area contributed by atoms with Crippen molar-refractivity contribution >= 4 is 22.9 Å². The van der Waals surface area contributed by atoms with E-state index in [1.54, 1.807) is 30.5 Å². The number of hydrogen-bond donors (Lipinski definition) is 3. The Balaban J connectivity index is 1.62. The predicted octanol–water partition coefficient (Wildman–Crippen LogP) is 3.10. The Morgan fingerprint density at radius 3 is 2.56 bits per heavy atom. The Labute approximate surface area is 145 Å². The highest BCUT2D eigenvalue weighted by atomic mass is 16.3. The second kappa shape index (κ2) is 7.49. The van der Waals surface area contributed by atoms with Crippen LogP contribution < -0.4 is 5.32 Å². The molecule has 0 atom stereocenters. The molecule has 0 aliphatic heterocycles. The second-order valence-electron chi connectivity index (χ2n) is 5.53. The van der Waals surface area contributed by atoms with E-state index < -0.39 is 0 Å². The van der Waals surface area contributed by atoms with E-state index in [-0.39, 0.29) is 23.0 Å². The molecule has 0 heterocycles. The van der Waals surface area contributed by atoms with E-state index in [1.807, 2.05) is 30.3 Å². The van der Waals surface area contributed by atoms with E-state index in [1.165, 1.54) is 6.07 Å². The Bertz CT molecular complexity index is 935. The molecular weight excluding hydrogens is 316 g/mol. The summed E-state index contributed by atoms with van der Waals surface area (Å²) in [6.45, 7) is 0.692. The van der Waals surface area contributed by atoms with E-state index >= 15 is 0 Å². The molecule has 0 unspecified atom stereocenters. The maximum Gasteiger partial charge on any atom is 0.255 e. The Morgan fingerprint density at radius 1 is 0.960 bits per heavy atom. The molecule has 126 valence electrons. The monoisotopic (exact) mass is 334 g/mol. The fraction of sp³-hybridized carbons (Fsp3) is 0.100. The van der Waals surface area contributed by atoms with Crippen molar-refractivity contribution in [3.8, 4) is 11.5 Å². The van der Waals surface area contributed by atoms with Crippen molar-refractivity contribution in [3.05, 3.63) is 71.8 Å². The van der Waals surface area contributed by atoms with E-state index in [0.717, 1.165) is 10.8 Å². The minimum Gasteiger partial charge on any atom is -0.507 e. The van der Waals surface area contributed by atoms with Crippen molar-refractivity contribution in [1.29, 1.82) is 0 Å². The maximum atomic E-state index is 12.0. The first kappa shape index (κ1) is 16.5. The normalized spacial score (nSPS) is 11.0. The summed E-state index contributed by atoms with van der Waals surface area (Å²) in [6.07, 6.45) is 1.61. The smallest absolute Gasteiger partial charge is 0.255 e. The Kier molecular flexibility index (Phi) is 4.95. The highest BCUT2D eigenvalue weighted by Gasteiger charge is 2.08. The van der Waals surface area contributed by atoms with Gasteiger partial charge in [-0.3, -0.25) is 9.79 Å². The van der Waals surface area contributed by atoms with Crippen LogP contribution in [0.25, 0.3) is 10.8 Å². The third-order valence-electron chi connectivity index (χ3n) is 3.84. The lowest BCUT2D eigenvalue weighted by Gasteiger charge is -2.06. The molecule has 0 aromatic heterocycles. The molecule has 3 rings (SSSR count). The molecule has 0 bridgehead atoms. The lowest BCUT2D eigenvalue weighted by Crippen LogP contribution is -2.26. The Hall–Kier alpha value is -3.34. The zero-order valence-electron chi connectivity index (χ0n) is 13.5. The van der Waals surface area contributed by atoms with E-state index in [0.29, 0.717) is 18.7 Å². The number of fused-ring (bicyclic) bond motifs is 1. The lowest BCUT2D eigenvalue weighted by atomic mass is 10.0. The summed E-state index contributed by atoms with van der Waals surface area (Å²) in [5.41, 5.74) is 0.892. The topological polar surface area (TPSA) is 81.9 Å². The van der Waals surface area contributed by atoms with Gasteiger partial charge in [0.15, 0.2) is 0 Å². The largest absolute Gasteiger partial charge is 0.507 e. The van der Waals surface area contributed by atoms with Crippen LogP contribution in [-0.2, 0) is 0 Å². The van der Waals surface area contributed by atoms with Crippen LogP contribution in [0.1, 0.15) is 15.9 Å². The summed E-state index contributed by atoms with van der Waals surface area (Å²) < 4.78 is 0. The number of nitrogens with one attached hydrogen (secondary N) is 1. The Morgan fingerprint density at radius 2 is 1.72 bits per heavy atom. The first-order chi connectivity index (χ1) is 12.2. The van der Waals surface area contributed by atoms with E-state index in [4.69, 9.17) is 0 Å². The molecule has 0 saturated carbocycles. The fourth-order valence-electron chi connectivity index (χ4n) is 2.57. The number of hydrogen-bond acceptors (Lipinski definition) is 4. The number of aromatic hydroxyl groups is 2. The summed E-state index contributed by atoms with van der Waals surface area (Å²) >= 11 is 0. The minimum atomic E-state index is -0.346. The van der Waals surface area contributed by atoms with E-state index in [9.17, 15) is 15.0 Å². The van der Waals surface area contributed by atoms with Crippen molar-refractivity contribution < 1.29 is 15.0 Å². The van der Waals surface area contributed by atoms with Crippen molar-refractivity contribution in [2.45, 2.75) is 0 Å². The molecule has 1 amide bonds. The average molecular weight is 334 g/mol. The summed E-state index contributed by atoms with van der Waals surface area (Å²) in [4.78, 5) is 16.2. The van der Waals surface area contributed by atoms with Gasteiger partial charge in [-0.1, -0.05) is 42.5 Å². The number of aliphatic imine (C=N–C) groups is 1. The van der Waals surface area contributed by atoms with Crippen LogP contribution in [0.2, 0.25) is 0 Å². The molecule has 0 aliphatic carbocycles. The maximum absolute atomic E-state index is 12.0. The number of para-hydroxylation sites is 1. The molecule has 0 saturated heterocycles. The van der Waals surface area contributed by atoms with Gasteiger partial charge in [-0.25, -0.2) is 0 Å². The van der Waals surface area contributed by atoms with Crippen LogP contribution in [0.5, 0.6) is 11.5 Å². The van der Waals surface area contributed by atoms with Crippen LogP contribution >= 0.6 is 0 Å². The summed E-state index contributed by atoms with van der Waals surface area (Å²) in [7, 11) is 0. The third-order valence-corrected chi connectivity index (χ3v) is 3.84. The molecule has 5 heteroatoms. The van der Waals surface area contributed by atoms with Gasteiger partial charge in [0.1, 0.15) is 11.5 Å². The molecule has 3 aromatic rings. The molecule has 0 spiro atoms. The van der Waals surface area contributed by atoms with E-state index in [2.05, 4.69) is 10.3 Å². The zero-order chi connectivity index (χ0) is 17.6. The number of nitrogens with zero attached hydrogens (tertiary/aromatic N) is 1. The highest BCUT2D eigenvalue weighted by Crippen LogP contribution is 2.25. The molecule has 25 heavy (non-hydrogen) atoms. The summed E-state index contributed by atoms with van der Waals surface area (Å²) in [5.74, 6) is -0.230. The van der Waals surface area contributed by atoms with Crippen molar-refractivity contribution in [1.82, 2.24) is 5.32 Å². The predicted molar refractivity (Wildman–Crippen MR) is 98.5 cm³/mol. The van der Waals surface area contributed by atoms with Gasteiger partial charge in [0.25, 0.3) is 5.91 Å². The van der Waals surface area contributed by atoms with Gasteiger partial charge in [0.2, 0.25) is 0 Å². The molecule has 3 N–H and O–H groups in total. The van der Waals surface area contributed by atoms with Gasteiger partial charge in [-0.2, -0.15) is 0 Å². The third kappa shape index (κ3) is 3.77. The number of carbonyl (C=O) groups is 1. The summed E-state index contributed by atoms with van der Waals surface area (Å²) in [5, 5.41) is 24.3. The SMILES string of the molecule is O=C(NCCN=Cc1c(O)ccc2ccccc12)c1ccccc1O. The number of benzene rings is 3. The number of amides is 1. The van der Waals surface area contributed by atoms with Crippen molar-refractivity contribution in [3.63, 3.8) is 0 Å². The van der Waals surface area contributed by atoms with Crippen LogP contribution in [0.15, 0.2) is 65.7 Å². The molecule has 0 radical (unpaired) electrons. The molecule has 0 fully saturated rings.